The van der Waals surface area contributed by atoms with Crippen LogP contribution in [-0.4, -0.2) is 51.6 Å². The van der Waals surface area contributed by atoms with Crippen LogP contribution in [0.3, 0.4) is 0 Å². The molecule has 0 saturated carbocycles. The summed E-state index contributed by atoms with van der Waals surface area (Å²) in [7, 11) is 0. The monoisotopic (exact) mass is 464 g/mol. The maximum Gasteiger partial charge on any atom is 0.261 e. The van der Waals surface area contributed by atoms with Gasteiger partial charge in [0.2, 0.25) is 0 Å². The van der Waals surface area contributed by atoms with Crippen LogP contribution in [0.25, 0.3) is 0 Å². The molecule has 0 radical (unpaired) electrons. The van der Waals surface area contributed by atoms with E-state index in [0.717, 1.165) is 12.0 Å². The Morgan fingerprint density at radius 1 is 1.10 bits per heavy atom. The Morgan fingerprint density at radius 3 is 2.39 bits per heavy atom. The summed E-state index contributed by atoms with van der Waals surface area (Å²) in [5.74, 6) is -0.857. The van der Waals surface area contributed by atoms with Crippen molar-refractivity contribution in [2.45, 2.75) is 32.9 Å². The molecule has 4 rings (SSSR count). The summed E-state index contributed by atoms with van der Waals surface area (Å²) >= 11 is 0. The third-order valence-electron chi connectivity index (χ3n) is 5.91. The van der Waals surface area contributed by atoms with Crippen molar-refractivity contribution in [3.05, 3.63) is 65.0 Å². The molecule has 0 aliphatic carbocycles. The topological polar surface area (TPSA) is 96.6 Å². The largest absolute Gasteiger partial charge is 0.338 e. The number of carbonyl (C=O) groups is 3. The van der Waals surface area contributed by atoms with Crippen LogP contribution in [0.15, 0.2) is 42.7 Å². The van der Waals surface area contributed by atoms with Crippen molar-refractivity contribution in [2.75, 3.05) is 13.1 Å². The lowest BCUT2D eigenvalue weighted by molar-refractivity contribution is 0.0532. The van der Waals surface area contributed by atoms with Crippen LogP contribution in [0.4, 0.5) is 0 Å². The van der Waals surface area contributed by atoms with E-state index in [1.54, 1.807) is 47.6 Å². The van der Waals surface area contributed by atoms with Gasteiger partial charge in [0.25, 0.3) is 17.7 Å². The number of hydrogen-bond donors (Lipinski definition) is 1. The summed E-state index contributed by atoms with van der Waals surface area (Å²) in [6.45, 7) is 5.43. The number of rotatable bonds is 3. The van der Waals surface area contributed by atoms with Gasteiger partial charge < -0.3 is 10.6 Å². The molecule has 7 nitrogen and oxygen atoms in total. The number of benzene rings is 1. The first-order chi connectivity index (χ1) is 13.8. The second-order valence-corrected chi connectivity index (χ2v) is 8.42. The molecule has 2 aliphatic heterocycles. The van der Waals surface area contributed by atoms with Crippen LogP contribution in [0, 0.1) is 5.41 Å². The average Bonchev–Trinajstić information content (AvgIpc) is 2.94. The second-order valence-electron chi connectivity index (χ2n) is 8.42. The van der Waals surface area contributed by atoms with Crippen molar-refractivity contribution >= 4 is 42.5 Å². The molecule has 2 N–H and O–H groups in total. The third kappa shape index (κ3) is 4.59. The van der Waals surface area contributed by atoms with Gasteiger partial charge in [-0.1, -0.05) is 13.8 Å². The average molecular weight is 465 g/mol. The molecule has 1 unspecified atom stereocenters. The highest BCUT2D eigenvalue weighted by molar-refractivity contribution is 6.22. The number of amides is 3. The van der Waals surface area contributed by atoms with E-state index >= 15 is 0 Å². The molecular weight excluding hydrogens is 439 g/mol. The number of hydrogen-bond acceptors (Lipinski definition) is 5. The van der Waals surface area contributed by atoms with Gasteiger partial charge >= 0.3 is 0 Å². The van der Waals surface area contributed by atoms with Crippen LogP contribution < -0.4 is 5.73 Å². The predicted molar refractivity (Wildman–Crippen MR) is 122 cm³/mol. The molecule has 0 bridgehead atoms. The third-order valence-corrected chi connectivity index (χ3v) is 5.91. The molecule has 2 aliphatic rings. The van der Waals surface area contributed by atoms with Crippen molar-refractivity contribution in [3.63, 3.8) is 0 Å². The summed E-state index contributed by atoms with van der Waals surface area (Å²) in [4.78, 5) is 45.5. The number of piperidine rings is 1. The summed E-state index contributed by atoms with van der Waals surface area (Å²) in [6.07, 6.45) is 3.98. The first-order valence-corrected chi connectivity index (χ1v) is 9.72. The van der Waals surface area contributed by atoms with E-state index in [1.807, 2.05) is 0 Å². The molecule has 31 heavy (non-hydrogen) atoms. The SMILES string of the molecule is CC1(C)CN(C(=O)c2ccc3c(c2)C(=O)N(Cc2ccncc2)C3=O)CCC1N.Cl.Cl. The molecule has 166 valence electrons. The second kappa shape index (κ2) is 9.34. The highest BCUT2D eigenvalue weighted by Gasteiger charge is 2.38. The number of nitrogens with zero attached hydrogens (tertiary/aromatic N) is 3. The van der Waals surface area contributed by atoms with E-state index in [2.05, 4.69) is 18.8 Å². The lowest BCUT2D eigenvalue weighted by Crippen LogP contribution is -2.54. The number of nitrogens with two attached hydrogens (primary N) is 1. The normalized spacial score (nSPS) is 19.4. The molecule has 1 fully saturated rings. The van der Waals surface area contributed by atoms with Gasteiger partial charge in [-0.3, -0.25) is 24.3 Å². The van der Waals surface area contributed by atoms with Crippen molar-refractivity contribution in [2.24, 2.45) is 11.1 Å². The van der Waals surface area contributed by atoms with Crippen LogP contribution in [0.2, 0.25) is 0 Å². The van der Waals surface area contributed by atoms with E-state index in [0.29, 0.717) is 24.2 Å². The quantitative estimate of drug-likeness (QED) is 0.704. The van der Waals surface area contributed by atoms with Crippen molar-refractivity contribution in [3.8, 4) is 0 Å². The maximum atomic E-state index is 13.0. The standard InChI is InChI=1S/C22H24N4O3.2ClH/c1-22(2)13-25(10-7-18(22)23)19(27)15-3-4-16-17(11-15)21(29)26(20(16)28)12-14-5-8-24-9-6-14;;/h3-6,8-9,11,18H,7,10,12-13,23H2,1-2H3;2*1H. The van der Waals surface area contributed by atoms with Crippen molar-refractivity contribution < 1.29 is 14.4 Å². The van der Waals surface area contributed by atoms with Gasteiger partial charge in [-0.05, 0) is 47.7 Å². The van der Waals surface area contributed by atoms with E-state index < -0.39 is 0 Å². The molecule has 3 amide bonds. The minimum atomic E-state index is -0.377. The summed E-state index contributed by atoms with van der Waals surface area (Å²) in [6, 6.07) is 8.33. The highest BCUT2D eigenvalue weighted by Crippen LogP contribution is 2.30. The van der Waals surface area contributed by atoms with Crippen LogP contribution >= 0.6 is 24.8 Å². The van der Waals surface area contributed by atoms with E-state index in [4.69, 9.17) is 5.73 Å². The Bertz CT molecular complexity index is 998. The van der Waals surface area contributed by atoms with Crippen LogP contribution in [0.5, 0.6) is 0 Å². The minimum Gasteiger partial charge on any atom is -0.338 e. The summed E-state index contributed by atoms with van der Waals surface area (Å²) < 4.78 is 0. The molecular formula is C22H26Cl2N4O3. The number of aromatic nitrogens is 1. The zero-order chi connectivity index (χ0) is 20.8. The van der Waals surface area contributed by atoms with Gasteiger partial charge in [0.05, 0.1) is 17.7 Å². The van der Waals surface area contributed by atoms with Gasteiger partial charge in [0, 0.05) is 37.1 Å². The molecule has 9 heteroatoms. The van der Waals surface area contributed by atoms with Crippen LogP contribution in [-0.2, 0) is 6.54 Å². The number of pyridine rings is 1. The molecule has 0 spiro atoms. The number of likely N-dealkylation sites (tertiary alicyclic amines) is 1. The Balaban J connectivity index is 0.00000171. The Morgan fingerprint density at radius 2 is 1.74 bits per heavy atom. The number of fused-ring (bicyclic) bond motifs is 1. The lowest BCUT2D eigenvalue weighted by atomic mass is 9.79. The van der Waals surface area contributed by atoms with Crippen molar-refractivity contribution in [1.29, 1.82) is 0 Å². The summed E-state index contributed by atoms with van der Waals surface area (Å²) in [5, 5.41) is 0. The van der Waals surface area contributed by atoms with Gasteiger partial charge in [-0.15, -0.1) is 24.8 Å². The van der Waals surface area contributed by atoms with Crippen LogP contribution in [0.1, 0.15) is 56.9 Å². The van der Waals surface area contributed by atoms with E-state index in [-0.39, 0.29) is 66.1 Å². The zero-order valence-corrected chi connectivity index (χ0v) is 19.0. The molecule has 1 atom stereocenters. The maximum absolute atomic E-state index is 13.0. The van der Waals surface area contributed by atoms with Gasteiger partial charge in [-0.25, -0.2) is 0 Å². The van der Waals surface area contributed by atoms with E-state index in [1.165, 1.54) is 4.90 Å². The van der Waals surface area contributed by atoms with Gasteiger partial charge in [0.1, 0.15) is 0 Å². The van der Waals surface area contributed by atoms with Crippen molar-refractivity contribution in [1.82, 2.24) is 14.8 Å². The fourth-order valence-electron chi connectivity index (χ4n) is 3.97. The first-order valence-electron chi connectivity index (χ1n) is 9.72. The molecule has 1 aromatic heterocycles. The van der Waals surface area contributed by atoms with E-state index in [9.17, 15) is 14.4 Å². The highest BCUT2D eigenvalue weighted by atomic mass is 35.5. The molecule has 1 saturated heterocycles. The minimum absolute atomic E-state index is 0. The Hall–Kier alpha value is -2.48. The lowest BCUT2D eigenvalue weighted by Gasteiger charge is -2.42. The molecule has 2 aromatic rings. The molecule has 3 heterocycles. The number of imide groups is 1. The van der Waals surface area contributed by atoms with Gasteiger partial charge in [0.15, 0.2) is 0 Å². The molecule has 1 aromatic carbocycles. The Labute approximate surface area is 193 Å². The summed E-state index contributed by atoms with van der Waals surface area (Å²) in [5.41, 5.74) is 7.85. The predicted octanol–water partition coefficient (Wildman–Crippen LogP) is 2.92. The first kappa shape index (κ1) is 24.8. The number of carbonyl (C=O) groups excluding carboxylic acids is 3. The fraction of sp³-hybridized carbons (Fsp3) is 0.364. The Kier molecular flexibility index (Phi) is 7.47. The smallest absolute Gasteiger partial charge is 0.261 e. The number of halogens is 2. The zero-order valence-electron chi connectivity index (χ0n) is 17.4. The fourth-order valence-corrected chi connectivity index (χ4v) is 3.97. The van der Waals surface area contributed by atoms with Gasteiger partial charge in [-0.2, -0.15) is 0 Å².